The Morgan fingerprint density at radius 2 is 2.25 bits per heavy atom. The number of benzene rings is 1. The molecule has 0 unspecified atom stereocenters. The smallest absolute Gasteiger partial charge is 0.336 e. The van der Waals surface area contributed by atoms with Gasteiger partial charge in [0.05, 0.1) is 0 Å². The van der Waals surface area contributed by atoms with Crippen LogP contribution in [0.1, 0.15) is 11.3 Å². The van der Waals surface area contributed by atoms with Gasteiger partial charge < -0.3 is 4.42 Å². The quantitative estimate of drug-likeness (QED) is 0.498. The molecule has 58 valence electrons. The predicted molar refractivity (Wildman–Crippen MR) is 45.3 cm³/mol. The van der Waals surface area contributed by atoms with Crippen molar-refractivity contribution in [1.82, 2.24) is 0 Å². The maximum atomic E-state index is 11.0. The van der Waals surface area contributed by atoms with E-state index in [0.29, 0.717) is 0 Å². The van der Waals surface area contributed by atoms with Crippen LogP contribution in [0.25, 0.3) is 10.8 Å². The van der Waals surface area contributed by atoms with E-state index in [9.17, 15) is 4.79 Å². The van der Waals surface area contributed by atoms with Crippen molar-refractivity contribution >= 4 is 10.8 Å². The highest BCUT2D eigenvalue weighted by Crippen LogP contribution is 2.32. The summed E-state index contributed by atoms with van der Waals surface area (Å²) >= 11 is 0. The lowest BCUT2D eigenvalue weighted by atomic mass is 9.91. The Kier molecular flexibility index (Phi) is 0.888. The average molecular weight is 158 g/mol. The molecule has 2 heteroatoms. The molecule has 0 spiro atoms. The maximum Gasteiger partial charge on any atom is 0.336 e. The first kappa shape index (κ1) is 6.00. The standard InChI is InChI=1S/C10H6O2/c11-9-5-7-3-1-2-6-4-8(12-9)10(6)7/h1-3,5H,4H2. The van der Waals surface area contributed by atoms with Gasteiger partial charge >= 0.3 is 5.63 Å². The number of rotatable bonds is 0. The fourth-order valence-corrected chi connectivity index (χ4v) is 1.75. The monoisotopic (exact) mass is 158 g/mol. The van der Waals surface area contributed by atoms with Crippen molar-refractivity contribution in [3.63, 3.8) is 0 Å². The molecule has 3 rings (SSSR count). The van der Waals surface area contributed by atoms with Gasteiger partial charge in [-0.25, -0.2) is 4.79 Å². The molecule has 0 fully saturated rings. The predicted octanol–water partition coefficient (Wildman–Crippen LogP) is 1.70. The summed E-state index contributed by atoms with van der Waals surface area (Å²) in [6, 6.07) is 7.52. The lowest BCUT2D eigenvalue weighted by Gasteiger charge is -2.16. The topological polar surface area (TPSA) is 30.2 Å². The van der Waals surface area contributed by atoms with Crippen LogP contribution in [0.3, 0.4) is 0 Å². The number of hydrogen-bond acceptors (Lipinski definition) is 2. The molecule has 1 aliphatic carbocycles. The molecule has 12 heavy (non-hydrogen) atoms. The lowest BCUT2D eigenvalue weighted by molar-refractivity contribution is 0.467. The van der Waals surface area contributed by atoms with E-state index < -0.39 is 0 Å². The van der Waals surface area contributed by atoms with Gasteiger partial charge in [0, 0.05) is 17.9 Å². The molecule has 2 nitrogen and oxygen atoms in total. The van der Waals surface area contributed by atoms with Crippen LogP contribution in [0, 0.1) is 0 Å². The summed E-state index contributed by atoms with van der Waals surface area (Å²) in [4.78, 5) is 11.0. The Hall–Kier alpha value is -1.57. The van der Waals surface area contributed by atoms with Crippen LogP contribution in [0.2, 0.25) is 0 Å². The third-order valence-corrected chi connectivity index (χ3v) is 2.31. The van der Waals surface area contributed by atoms with Gasteiger partial charge in [-0.15, -0.1) is 0 Å². The van der Waals surface area contributed by atoms with Crippen LogP contribution < -0.4 is 5.63 Å². The summed E-state index contributed by atoms with van der Waals surface area (Å²) in [6.45, 7) is 0. The molecule has 0 aliphatic heterocycles. The molecule has 2 aromatic rings. The Labute approximate surface area is 68.4 Å². The second-order valence-corrected chi connectivity index (χ2v) is 3.05. The molecule has 1 heterocycles. The van der Waals surface area contributed by atoms with E-state index in [1.807, 2.05) is 12.1 Å². The van der Waals surface area contributed by atoms with Gasteiger partial charge in [0.1, 0.15) is 5.76 Å². The molecule has 1 aliphatic rings. The highest BCUT2D eigenvalue weighted by Gasteiger charge is 2.19. The second-order valence-electron chi connectivity index (χ2n) is 3.05. The molecule has 1 aromatic heterocycles. The normalized spacial score (nSPS) is 13.0. The Morgan fingerprint density at radius 3 is 3.17 bits per heavy atom. The highest BCUT2D eigenvalue weighted by molar-refractivity contribution is 5.91. The molecule has 0 atom stereocenters. The molecule has 0 saturated carbocycles. The Bertz CT molecular complexity index is 523. The highest BCUT2D eigenvalue weighted by atomic mass is 16.4. The molecular formula is C10H6O2. The zero-order valence-electron chi connectivity index (χ0n) is 6.33. The fourth-order valence-electron chi connectivity index (χ4n) is 1.75. The van der Waals surface area contributed by atoms with Gasteiger partial charge in [-0.3, -0.25) is 0 Å². The summed E-state index contributed by atoms with van der Waals surface area (Å²) in [5.74, 6) is 0.841. The van der Waals surface area contributed by atoms with Crippen molar-refractivity contribution in [2.75, 3.05) is 0 Å². The molecular weight excluding hydrogens is 152 g/mol. The van der Waals surface area contributed by atoms with Gasteiger partial charge in [0.15, 0.2) is 0 Å². The van der Waals surface area contributed by atoms with Crippen LogP contribution in [-0.2, 0) is 6.42 Å². The fraction of sp³-hybridized carbons (Fsp3) is 0.100. The van der Waals surface area contributed by atoms with Gasteiger partial charge in [-0.1, -0.05) is 18.2 Å². The zero-order valence-corrected chi connectivity index (χ0v) is 6.33. The van der Waals surface area contributed by atoms with Crippen LogP contribution in [0.4, 0.5) is 0 Å². The van der Waals surface area contributed by atoms with Gasteiger partial charge in [0.25, 0.3) is 0 Å². The molecule has 0 amide bonds. The van der Waals surface area contributed by atoms with Crippen molar-refractivity contribution < 1.29 is 4.42 Å². The number of hydrogen-bond donors (Lipinski definition) is 0. The zero-order chi connectivity index (χ0) is 8.13. The minimum Gasteiger partial charge on any atom is -0.427 e. The minimum atomic E-state index is -0.241. The van der Waals surface area contributed by atoms with Crippen molar-refractivity contribution in [2.24, 2.45) is 0 Å². The lowest BCUT2D eigenvalue weighted by Crippen LogP contribution is -2.09. The van der Waals surface area contributed by atoms with Crippen molar-refractivity contribution in [2.45, 2.75) is 6.42 Å². The molecule has 0 saturated heterocycles. The van der Waals surface area contributed by atoms with E-state index >= 15 is 0 Å². The SMILES string of the molecule is O=c1cc2cccc3c2c(o1)C3. The van der Waals surface area contributed by atoms with E-state index in [0.717, 1.165) is 23.0 Å². The summed E-state index contributed by atoms with van der Waals surface area (Å²) in [7, 11) is 0. The summed E-state index contributed by atoms with van der Waals surface area (Å²) in [5.41, 5.74) is 1.04. The van der Waals surface area contributed by atoms with Crippen LogP contribution in [-0.4, -0.2) is 0 Å². The first-order valence-corrected chi connectivity index (χ1v) is 3.89. The largest absolute Gasteiger partial charge is 0.427 e. The van der Waals surface area contributed by atoms with Gasteiger partial charge in [-0.2, -0.15) is 0 Å². The van der Waals surface area contributed by atoms with Crippen molar-refractivity contribution in [3.8, 4) is 0 Å². The van der Waals surface area contributed by atoms with Crippen molar-refractivity contribution in [1.29, 1.82) is 0 Å². The first-order valence-electron chi connectivity index (χ1n) is 3.89. The molecule has 1 aromatic carbocycles. The van der Waals surface area contributed by atoms with Crippen LogP contribution in [0.5, 0.6) is 0 Å². The van der Waals surface area contributed by atoms with E-state index in [2.05, 4.69) is 6.07 Å². The third kappa shape index (κ3) is 0.576. The maximum absolute atomic E-state index is 11.0. The van der Waals surface area contributed by atoms with Crippen molar-refractivity contribution in [3.05, 3.63) is 46.0 Å². The van der Waals surface area contributed by atoms with Crippen LogP contribution in [0.15, 0.2) is 33.5 Å². The van der Waals surface area contributed by atoms with Crippen LogP contribution >= 0.6 is 0 Å². The third-order valence-electron chi connectivity index (χ3n) is 2.31. The summed E-state index contributed by atoms with van der Waals surface area (Å²) in [5, 5.41) is 2.14. The Balaban J connectivity index is 2.63. The van der Waals surface area contributed by atoms with E-state index in [1.54, 1.807) is 6.07 Å². The summed E-state index contributed by atoms with van der Waals surface area (Å²) in [6.07, 6.45) is 0.808. The molecule has 0 N–H and O–H groups in total. The van der Waals surface area contributed by atoms with E-state index in [-0.39, 0.29) is 5.63 Å². The van der Waals surface area contributed by atoms with Gasteiger partial charge in [0.2, 0.25) is 0 Å². The molecule has 0 bridgehead atoms. The molecule has 0 radical (unpaired) electrons. The minimum absolute atomic E-state index is 0.241. The van der Waals surface area contributed by atoms with E-state index in [1.165, 1.54) is 5.56 Å². The first-order chi connectivity index (χ1) is 5.84. The average Bonchev–Trinajstić information content (AvgIpc) is 2.00. The van der Waals surface area contributed by atoms with E-state index in [4.69, 9.17) is 4.42 Å². The summed E-state index contributed by atoms with van der Waals surface area (Å²) < 4.78 is 5.01. The Morgan fingerprint density at radius 1 is 1.33 bits per heavy atom. The second kappa shape index (κ2) is 1.78. The van der Waals surface area contributed by atoms with Gasteiger partial charge in [-0.05, 0) is 10.9 Å².